The Balaban J connectivity index is 2.44. The van der Waals surface area contributed by atoms with Gasteiger partial charge in [-0.1, -0.05) is 6.07 Å². The van der Waals surface area contributed by atoms with Crippen molar-refractivity contribution in [2.45, 2.75) is 0 Å². The van der Waals surface area contributed by atoms with Crippen LogP contribution in [0, 0.1) is 11.6 Å². The fourth-order valence-corrected chi connectivity index (χ4v) is 1.81. The van der Waals surface area contributed by atoms with E-state index < -0.39 is 11.6 Å². The zero-order valence-electron chi connectivity index (χ0n) is 11.4. The lowest BCUT2D eigenvalue weighted by atomic mass is 10.2. The van der Waals surface area contributed by atoms with Crippen LogP contribution in [0.2, 0.25) is 0 Å². The van der Waals surface area contributed by atoms with E-state index in [1.165, 1.54) is 11.9 Å². The number of rotatable bonds is 4. The summed E-state index contributed by atoms with van der Waals surface area (Å²) < 4.78 is 32.4. The SMILES string of the molecule is CNc1nc(N(C)c2cccc(OC)c2)c(F)cc1F. The van der Waals surface area contributed by atoms with Crippen molar-refractivity contribution in [1.82, 2.24) is 4.98 Å². The Morgan fingerprint density at radius 2 is 1.95 bits per heavy atom. The van der Waals surface area contributed by atoms with Crippen molar-refractivity contribution in [3.05, 3.63) is 42.0 Å². The van der Waals surface area contributed by atoms with Gasteiger partial charge in [-0.05, 0) is 12.1 Å². The molecule has 1 N–H and O–H groups in total. The average Bonchev–Trinajstić information content (AvgIpc) is 2.47. The van der Waals surface area contributed by atoms with Crippen LogP contribution >= 0.6 is 0 Å². The standard InChI is InChI=1S/C14H15F2N3O/c1-17-13-11(15)8-12(16)14(18-13)19(2)9-5-4-6-10(7-9)20-3/h4-8H,1-3H3,(H,17,18). The molecule has 0 aliphatic rings. The molecule has 0 radical (unpaired) electrons. The zero-order chi connectivity index (χ0) is 14.7. The molecule has 4 nitrogen and oxygen atoms in total. The molecule has 20 heavy (non-hydrogen) atoms. The van der Waals surface area contributed by atoms with E-state index in [-0.39, 0.29) is 11.6 Å². The number of ether oxygens (including phenoxy) is 1. The second-order valence-electron chi connectivity index (χ2n) is 4.13. The van der Waals surface area contributed by atoms with Gasteiger partial charge in [0, 0.05) is 31.9 Å². The summed E-state index contributed by atoms with van der Waals surface area (Å²) in [7, 11) is 4.73. The molecule has 0 atom stereocenters. The Bertz CT molecular complexity index is 619. The maximum absolute atomic E-state index is 13.9. The molecule has 1 aromatic carbocycles. The normalized spacial score (nSPS) is 10.2. The van der Waals surface area contributed by atoms with E-state index in [0.29, 0.717) is 11.4 Å². The van der Waals surface area contributed by atoms with Gasteiger partial charge in [0.05, 0.1) is 7.11 Å². The highest BCUT2D eigenvalue weighted by molar-refractivity contribution is 5.63. The van der Waals surface area contributed by atoms with E-state index in [2.05, 4.69) is 10.3 Å². The largest absolute Gasteiger partial charge is 0.497 e. The zero-order valence-corrected chi connectivity index (χ0v) is 11.4. The number of anilines is 3. The van der Waals surface area contributed by atoms with Crippen LogP contribution in [0.15, 0.2) is 30.3 Å². The third kappa shape index (κ3) is 2.64. The molecule has 0 saturated carbocycles. The summed E-state index contributed by atoms with van der Waals surface area (Å²) in [5, 5.41) is 2.59. The number of benzene rings is 1. The second-order valence-corrected chi connectivity index (χ2v) is 4.13. The predicted octanol–water partition coefficient (Wildman–Crippen LogP) is 3.18. The molecule has 0 saturated heterocycles. The fraction of sp³-hybridized carbons (Fsp3) is 0.214. The summed E-state index contributed by atoms with van der Waals surface area (Å²) >= 11 is 0. The summed E-state index contributed by atoms with van der Waals surface area (Å²) in [6, 6.07) is 7.90. The third-order valence-corrected chi connectivity index (χ3v) is 2.91. The Morgan fingerprint density at radius 3 is 2.60 bits per heavy atom. The molecule has 6 heteroatoms. The number of hydrogen-bond donors (Lipinski definition) is 1. The summed E-state index contributed by atoms with van der Waals surface area (Å²) in [4.78, 5) is 5.47. The van der Waals surface area contributed by atoms with Crippen molar-refractivity contribution < 1.29 is 13.5 Å². The molecule has 106 valence electrons. The van der Waals surface area contributed by atoms with Gasteiger partial charge in [0.2, 0.25) is 0 Å². The molecule has 0 aliphatic heterocycles. The molecule has 0 fully saturated rings. The quantitative estimate of drug-likeness (QED) is 0.932. The summed E-state index contributed by atoms with van der Waals surface area (Å²) in [6.45, 7) is 0. The monoisotopic (exact) mass is 279 g/mol. The number of pyridine rings is 1. The fourth-order valence-electron chi connectivity index (χ4n) is 1.81. The van der Waals surface area contributed by atoms with E-state index in [9.17, 15) is 8.78 Å². The highest BCUT2D eigenvalue weighted by Gasteiger charge is 2.16. The third-order valence-electron chi connectivity index (χ3n) is 2.91. The first-order chi connectivity index (χ1) is 9.56. The van der Waals surface area contributed by atoms with Crippen molar-refractivity contribution in [2.24, 2.45) is 0 Å². The van der Waals surface area contributed by atoms with Gasteiger partial charge in [-0.3, -0.25) is 0 Å². The molecule has 0 aliphatic carbocycles. The van der Waals surface area contributed by atoms with Gasteiger partial charge in [-0.15, -0.1) is 0 Å². The number of aromatic nitrogens is 1. The van der Waals surface area contributed by atoms with Crippen LogP contribution < -0.4 is 15.0 Å². The van der Waals surface area contributed by atoms with E-state index in [1.54, 1.807) is 38.4 Å². The van der Waals surface area contributed by atoms with Gasteiger partial charge < -0.3 is 15.0 Å². The first-order valence-electron chi connectivity index (χ1n) is 5.98. The molecule has 0 unspecified atom stereocenters. The van der Waals surface area contributed by atoms with Gasteiger partial charge in [0.15, 0.2) is 23.3 Å². The second kappa shape index (κ2) is 5.73. The van der Waals surface area contributed by atoms with Gasteiger partial charge in [0.1, 0.15) is 5.75 Å². The lowest BCUT2D eigenvalue weighted by molar-refractivity contribution is 0.415. The maximum atomic E-state index is 13.9. The summed E-state index contributed by atoms with van der Waals surface area (Å²) in [5.74, 6) is -0.787. The van der Waals surface area contributed by atoms with Crippen molar-refractivity contribution in [3.8, 4) is 5.75 Å². The maximum Gasteiger partial charge on any atom is 0.171 e. The molecule has 0 bridgehead atoms. The number of hydrogen-bond acceptors (Lipinski definition) is 4. The topological polar surface area (TPSA) is 37.4 Å². The molecule has 2 rings (SSSR count). The van der Waals surface area contributed by atoms with Crippen LogP contribution in [-0.4, -0.2) is 26.2 Å². The minimum atomic E-state index is -0.730. The van der Waals surface area contributed by atoms with E-state index in [1.807, 2.05) is 0 Å². The van der Waals surface area contributed by atoms with Crippen LogP contribution in [-0.2, 0) is 0 Å². The molecule has 1 heterocycles. The lowest BCUT2D eigenvalue weighted by Gasteiger charge is -2.20. The summed E-state index contributed by atoms with van der Waals surface area (Å²) in [6.07, 6.45) is 0. The highest BCUT2D eigenvalue weighted by Crippen LogP contribution is 2.29. The minimum Gasteiger partial charge on any atom is -0.497 e. The number of nitrogens with one attached hydrogen (secondary N) is 1. The molecule has 0 amide bonds. The van der Waals surface area contributed by atoms with Crippen LogP contribution in [0.3, 0.4) is 0 Å². The van der Waals surface area contributed by atoms with E-state index in [4.69, 9.17) is 4.74 Å². The Hall–Kier alpha value is -2.37. The van der Waals surface area contributed by atoms with Crippen LogP contribution in [0.1, 0.15) is 0 Å². The van der Waals surface area contributed by atoms with Crippen molar-refractivity contribution >= 4 is 17.3 Å². The number of methoxy groups -OCH3 is 1. The Morgan fingerprint density at radius 1 is 1.20 bits per heavy atom. The first-order valence-corrected chi connectivity index (χ1v) is 5.98. The lowest BCUT2D eigenvalue weighted by Crippen LogP contribution is -2.14. The first kappa shape index (κ1) is 14.0. The molecular formula is C14H15F2N3O. The Kier molecular flexibility index (Phi) is 4.02. The average molecular weight is 279 g/mol. The predicted molar refractivity (Wildman–Crippen MR) is 74.8 cm³/mol. The van der Waals surface area contributed by atoms with Crippen molar-refractivity contribution in [1.29, 1.82) is 0 Å². The molecular weight excluding hydrogens is 264 g/mol. The minimum absolute atomic E-state index is 0.00357. The van der Waals surface area contributed by atoms with Gasteiger partial charge >= 0.3 is 0 Å². The van der Waals surface area contributed by atoms with Gasteiger partial charge in [0.25, 0.3) is 0 Å². The van der Waals surface area contributed by atoms with Gasteiger partial charge in [-0.25, -0.2) is 13.8 Å². The van der Waals surface area contributed by atoms with Gasteiger partial charge in [-0.2, -0.15) is 0 Å². The van der Waals surface area contributed by atoms with E-state index >= 15 is 0 Å². The van der Waals surface area contributed by atoms with Crippen LogP contribution in [0.4, 0.5) is 26.1 Å². The molecule has 2 aromatic rings. The van der Waals surface area contributed by atoms with Crippen LogP contribution in [0.5, 0.6) is 5.75 Å². The van der Waals surface area contributed by atoms with E-state index in [0.717, 1.165) is 6.07 Å². The smallest absolute Gasteiger partial charge is 0.171 e. The number of halogens is 2. The highest BCUT2D eigenvalue weighted by atomic mass is 19.1. The Labute approximate surface area is 116 Å². The van der Waals surface area contributed by atoms with Crippen molar-refractivity contribution in [3.63, 3.8) is 0 Å². The molecule has 1 aromatic heterocycles. The number of nitrogens with zero attached hydrogens (tertiary/aromatic N) is 2. The van der Waals surface area contributed by atoms with Crippen LogP contribution in [0.25, 0.3) is 0 Å². The van der Waals surface area contributed by atoms with Crippen molar-refractivity contribution in [2.75, 3.05) is 31.4 Å². The summed E-state index contributed by atoms with van der Waals surface area (Å²) in [5.41, 5.74) is 0.685. The molecule has 0 spiro atoms.